The number of guanidine groups is 1. The Hall–Kier alpha value is -2.78. The predicted molar refractivity (Wildman–Crippen MR) is 88.2 cm³/mol. The number of para-hydroxylation sites is 1. The Balaban J connectivity index is 2.06. The van der Waals surface area contributed by atoms with Gasteiger partial charge in [-0.1, -0.05) is 18.2 Å². The first-order chi connectivity index (χ1) is 12.5. The lowest BCUT2D eigenvalue weighted by atomic mass is 10.2. The fourth-order valence-corrected chi connectivity index (χ4v) is 2.17. The van der Waals surface area contributed by atoms with Gasteiger partial charge in [0.15, 0.2) is 5.96 Å². The number of ether oxygens (including phenoxy) is 1. The minimum Gasteiger partial charge on any atom is -0.434 e. The standard InChI is InChI=1S/C16H19F4N5O/c1-2-21-16(24-10-13-22-7-8-25(13)14(17)18)23-9-11-5-3-4-6-12(11)26-15(19)20/h3-8,14-15H,2,9-10H2,1H3,(H2,21,23,24). The zero-order chi connectivity index (χ0) is 18.9. The number of hydrogen-bond acceptors (Lipinski definition) is 3. The van der Waals surface area contributed by atoms with Crippen LogP contribution in [0.25, 0.3) is 0 Å². The molecule has 0 aliphatic carbocycles. The van der Waals surface area contributed by atoms with Crippen LogP contribution >= 0.6 is 0 Å². The van der Waals surface area contributed by atoms with Crippen LogP contribution in [0.5, 0.6) is 5.75 Å². The number of alkyl halides is 4. The monoisotopic (exact) mass is 373 g/mol. The van der Waals surface area contributed by atoms with E-state index in [4.69, 9.17) is 0 Å². The highest BCUT2D eigenvalue weighted by atomic mass is 19.3. The fraction of sp³-hybridized carbons (Fsp3) is 0.375. The minimum absolute atomic E-state index is 0.0261. The van der Waals surface area contributed by atoms with E-state index in [0.717, 1.165) is 4.57 Å². The number of hydrogen-bond donors (Lipinski definition) is 2. The molecule has 0 atom stereocenters. The average Bonchev–Trinajstić information content (AvgIpc) is 3.07. The van der Waals surface area contributed by atoms with Crippen molar-refractivity contribution >= 4 is 5.96 Å². The molecule has 0 unspecified atom stereocenters. The average molecular weight is 373 g/mol. The van der Waals surface area contributed by atoms with Gasteiger partial charge in [-0.2, -0.15) is 17.6 Å². The number of aliphatic imine (C=N–C) groups is 1. The molecule has 0 spiro atoms. The predicted octanol–water partition coefficient (Wildman–Crippen LogP) is 3.13. The minimum atomic E-state index is -2.93. The van der Waals surface area contributed by atoms with Gasteiger partial charge in [0.1, 0.15) is 11.6 Å². The number of rotatable bonds is 8. The topological polar surface area (TPSA) is 63.5 Å². The Morgan fingerprint density at radius 1 is 1.23 bits per heavy atom. The van der Waals surface area contributed by atoms with Crippen molar-refractivity contribution in [2.24, 2.45) is 4.99 Å². The van der Waals surface area contributed by atoms with Crippen molar-refractivity contribution < 1.29 is 22.3 Å². The highest BCUT2D eigenvalue weighted by molar-refractivity contribution is 5.79. The molecule has 0 bridgehead atoms. The molecule has 0 radical (unpaired) electrons. The molecule has 2 N–H and O–H groups in total. The second-order valence-corrected chi connectivity index (χ2v) is 5.06. The van der Waals surface area contributed by atoms with Crippen molar-refractivity contribution in [1.82, 2.24) is 20.2 Å². The third kappa shape index (κ3) is 5.64. The van der Waals surface area contributed by atoms with E-state index in [2.05, 4.69) is 25.3 Å². The maximum absolute atomic E-state index is 12.8. The van der Waals surface area contributed by atoms with E-state index in [-0.39, 0.29) is 24.7 Å². The van der Waals surface area contributed by atoms with E-state index in [9.17, 15) is 17.6 Å². The normalized spacial score (nSPS) is 11.9. The van der Waals surface area contributed by atoms with E-state index in [1.807, 2.05) is 6.92 Å². The van der Waals surface area contributed by atoms with Crippen LogP contribution in [-0.4, -0.2) is 28.7 Å². The van der Waals surface area contributed by atoms with Gasteiger partial charge in [0.05, 0.1) is 13.1 Å². The molecule has 0 saturated carbocycles. The molecule has 2 aromatic rings. The van der Waals surface area contributed by atoms with Crippen LogP contribution in [0.15, 0.2) is 41.7 Å². The van der Waals surface area contributed by atoms with E-state index >= 15 is 0 Å². The first-order valence-corrected chi connectivity index (χ1v) is 7.86. The molecule has 1 heterocycles. The number of halogens is 4. The summed E-state index contributed by atoms with van der Waals surface area (Å²) in [6.45, 7) is -3.15. The lowest BCUT2D eigenvalue weighted by molar-refractivity contribution is -0.0504. The second kappa shape index (κ2) is 9.64. The number of benzene rings is 1. The zero-order valence-electron chi connectivity index (χ0n) is 14.0. The summed E-state index contributed by atoms with van der Waals surface area (Å²) in [5, 5.41) is 5.83. The molecule has 6 nitrogen and oxygen atoms in total. The van der Waals surface area contributed by atoms with Crippen molar-refractivity contribution in [1.29, 1.82) is 0 Å². The highest BCUT2D eigenvalue weighted by Crippen LogP contribution is 2.21. The van der Waals surface area contributed by atoms with Crippen LogP contribution in [0.2, 0.25) is 0 Å². The molecule has 0 fully saturated rings. The summed E-state index contributed by atoms with van der Waals surface area (Å²) in [5.41, 5.74) is 0.471. The Morgan fingerprint density at radius 3 is 2.69 bits per heavy atom. The largest absolute Gasteiger partial charge is 0.434 e. The van der Waals surface area contributed by atoms with Crippen molar-refractivity contribution in [2.75, 3.05) is 6.54 Å². The first kappa shape index (κ1) is 19.5. The van der Waals surface area contributed by atoms with Crippen LogP contribution in [0.4, 0.5) is 17.6 Å². The molecule has 1 aromatic carbocycles. The highest BCUT2D eigenvalue weighted by Gasteiger charge is 2.12. The van der Waals surface area contributed by atoms with E-state index < -0.39 is 13.2 Å². The fourth-order valence-electron chi connectivity index (χ4n) is 2.17. The van der Waals surface area contributed by atoms with Crippen molar-refractivity contribution in [3.8, 4) is 5.75 Å². The van der Waals surface area contributed by atoms with Gasteiger partial charge in [-0.15, -0.1) is 0 Å². The summed E-state index contributed by atoms with van der Waals surface area (Å²) in [6, 6.07) is 6.31. The van der Waals surface area contributed by atoms with Gasteiger partial charge >= 0.3 is 13.2 Å². The van der Waals surface area contributed by atoms with Crippen molar-refractivity contribution in [2.45, 2.75) is 33.2 Å². The molecule has 142 valence electrons. The molecule has 26 heavy (non-hydrogen) atoms. The molecular weight excluding hydrogens is 354 g/mol. The maximum atomic E-state index is 12.8. The number of nitrogens with one attached hydrogen (secondary N) is 2. The second-order valence-electron chi connectivity index (χ2n) is 5.06. The lowest BCUT2D eigenvalue weighted by Crippen LogP contribution is -2.37. The quantitative estimate of drug-likeness (QED) is 0.424. The third-order valence-electron chi connectivity index (χ3n) is 3.31. The Labute approximate surface area is 147 Å². The lowest BCUT2D eigenvalue weighted by Gasteiger charge is -2.13. The van der Waals surface area contributed by atoms with Crippen LogP contribution < -0.4 is 15.4 Å². The number of aromatic nitrogens is 2. The summed E-state index contributed by atoms with van der Waals surface area (Å²) in [4.78, 5) is 8.14. The summed E-state index contributed by atoms with van der Waals surface area (Å²) < 4.78 is 55.7. The molecule has 0 amide bonds. The Morgan fingerprint density at radius 2 is 2.00 bits per heavy atom. The van der Waals surface area contributed by atoms with Crippen LogP contribution in [0.3, 0.4) is 0 Å². The summed E-state index contributed by atoms with van der Waals surface area (Å²) >= 11 is 0. The molecule has 0 aliphatic rings. The molecular formula is C16H19F4N5O. The van der Waals surface area contributed by atoms with Crippen LogP contribution in [0, 0.1) is 0 Å². The van der Waals surface area contributed by atoms with E-state index in [1.165, 1.54) is 18.5 Å². The molecule has 1 aromatic heterocycles. The van der Waals surface area contributed by atoms with Crippen molar-refractivity contribution in [3.05, 3.63) is 48.0 Å². The molecule has 2 rings (SSSR count). The van der Waals surface area contributed by atoms with Gasteiger partial charge in [0, 0.05) is 24.5 Å². The summed E-state index contributed by atoms with van der Waals surface area (Å²) in [6.07, 6.45) is 2.47. The van der Waals surface area contributed by atoms with Gasteiger partial charge in [0.25, 0.3) is 0 Å². The van der Waals surface area contributed by atoms with Crippen LogP contribution in [-0.2, 0) is 13.1 Å². The number of imidazole rings is 1. The van der Waals surface area contributed by atoms with Gasteiger partial charge < -0.3 is 15.4 Å². The molecule has 0 aliphatic heterocycles. The Bertz CT molecular complexity index is 720. The number of nitrogens with zero attached hydrogens (tertiary/aromatic N) is 3. The maximum Gasteiger partial charge on any atom is 0.387 e. The van der Waals surface area contributed by atoms with E-state index in [1.54, 1.807) is 18.2 Å². The zero-order valence-corrected chi connectivity index (χ0v) is 14.0. The van der Waals surface area contributed by atoms with Gasteiger partial charge in [-0.25, -0.2) is 9.98 Å². The smallest absolute Gasteiger partial charge is 0.387 e. The van der Waals surface area contributed by atoms with Crippen LogP contribution in [0.1, 0.15) is 24.9 Å². The van der Waals surface area contributed by atoms with Gasteiger partial charge in [-0.05, 0) is 13.0 Å². The molecule has 10 heteroatoms. The summed E-state index contributed by atoms with van der Waals surface area (Å²) in [7, 11) is 0. The Kier molecular flexibility index (Phi) is 7.24. The van der Waals surface area contributed by atoms with Gasteiger partial charge in [0.2, 0.25) is 0 Å². The van der Waals surface area contributed by atoms with Crippen molar-refractivity contribution in [3.63, 3.8) is 0 Å². The van der Waals surface area contributed by atoms with E-state index in [0.29, 0.717) is 18.1 Å². The SMILES string of the molecule is CCNC(=NCc1ccccc1OC(F)F)NCc1nccn1C(F)F. The summed E-state index contributed by atoms with van der Waals surface area (Å²) in [5.74, 6) is 0.519. The third-order valence-corrected chi connectivity index (χ3v) is 3.31. The molecule has 0 saturated heterocycles. The van der Waals surface area contributed by atoms with Gasteiger partial charge in [-0.3, -0.25) is 4.57 Å². The first-order valence-electron chi connectivity index (χ1n) is 7.86.